The summed E-state index contributed by atoms with van der Waals surface area (Å²) in [5.41, 5.74) is -3.33. The minimum Gasteiger partial charge on any atom is -0.363 e. The number of thiophene rings is 1. The number of carbonyl (C=O) groups excluding carboxylic acids is 2. The highest BCUT2D eigenvalue weighted by Crippen LogP contribution is 2.48. The normalized spacial score (nSPS) is 26.0. The number of ketones is 1. The molecule has 1 saturated heterocycles. The van der Waals surface area contributed by atoms with Gasteiger partial charge in [-0.15, -0.1) is 11.3 Å². The van der Waals surface area contributed by atoms with Crippen molar-refractivity contribution in [2.75, 3.05) is 6.54 Å². The Morgan fingerprint density at radius 3 is 2.44 bits per heavy atom. The van der Waals surface area contributed by atoms with Gasteiger partial charge in [-0.05, 0) is 23.9 Å². The number of nitrogens with one attached hydrogen (secondary N) is 1. The van der Waals surface area contributed by atoms with Gasteiger partial charge in [0.2, 0.25) is 0 Å². The first-order valence-corrected chi connectivity index (χ1v) is 9.09. The van der Waals surface area contributed by atoms with Gasteiger partial charge in [-0.25, -0.2) is 4.79 Å². The Kier molecular flexibility index (Phi) is 5.00. The fraction of sp³-hybridized carbons (Fsp3) is 0.333. The summed E-state index contributed by atoms with van der Waals surface area (Å²) in [4.78, 5) is 25.8. The van der Waals surface area contributed by atoms with E-state index in [9.17, 15) is 27.9 Å². The number of amides is 2. The van der Waals surface area contributed by atoms with E-state index in [1.54, 1.807) is 29.6 Å². The van der Waals surface area contributed by atoms with Crippen LogP contribution in [0.3, 0.4) is 0 Å². The molecule has 3 rings (SSSR count). The Morgan fingerprint density at radius 2 is 1.93 bits per heavy atom. The second-order valence-corrected chi connectivity index (χ2v) is 7.07. The molecule has 3 atom stereocenters. The first-order chi connectivity index (χ1) is 12.7. The maximum atomic E-state index is 14.1. The number of rotatable bonds is 4. The second kappa shape index (κ2) is 6.97. The fourth-order valence-corrected chi connectivity index (χ4v) is 4.11. The number of benzene rings is 1. The minimum atomic E-state index is -5.23. The zero-order chi connectivity index (χ0) is 19.8. The summed E-state index contributed by atoms with van der Waals surface area (Å²) in [6.07, 6.45) is -5.23. The van der Waals surface area contributed by atoms with Crippen LogP contribution in [0.4, 0.5) is 18.0 Å². The Labute approximate surface area is 157 Å². The number of urea groups is 1. The molecule has 0 spiro atoms. The molecule has 144 valence electrons. The van der Waals surface area contributed by atoms with Gasteiger partial charge < -0.3 is 10.4 Å². The first-order valence-electron chi connectivity index (χ1n) is 8.21. The average molecular weight is 398 g/mol. The monoisotopic (exact) mass is 398 g/mol. The molecule has 2 amide bonds. The van der Waals surface area contributed by atoms with Crippen LogP contribution in [0.1, 0.15) is 28.2 Å². The molecular formula is C18H17F3N2O3S. The molecule has 5 nitrogen and oxygen atoms in total. The standard InChI is InChI=1S/C18H17F3N2O3S/c1-2-23-16(25)22-14(11-7-4-3-5-8-11)13(17(23,26)18(19,20)21)15(24)12-9-6-10-27-12/h3-10,13-14,26H,2H2,1H3,(H,22,25)/t13-,14+,17+/m1/s1. The van der Waals surface area contributed by atoms with Crippen LogP contribution in [-0.4, -0.2) is 40.3 Å². The van der Waals surface area contributed by atoms with Gasteiger partial charge in [0.05, 0.1) is 10.9 Å². The van der Waals surface area contributed by atoms with Gasteiger partial charge in [0, 0.05) is 6.54 Å². The van der Waals surface area contributed by atoms with Gasteiger partial charge in [-0.3, -0.25) is 9.69 Å². The third-order valence-corrected chi connectivity index (χ3v) is 5.53. The van der Waals surface area contributed by atoms with E-state index in [4.69, 9.17) is 0 Å². The van der Waals surface area contributed by atoms with Crippen LogP contribution in [0.15, 0.2) is 47.8 Å². The lowest BCUT2D eigenvalue weighted by molar-refractivity contribution is -0.326. The molecule has 1 aromatic carbocycles. The van der Waals surface area contributed by atoms with Gasteiger partial charge in [-0.2, -0.15) is 13.2 Å². The SMILES string of the molecule is CCN1C(=O)N[C@@H](c2ccccc2)[C@H](C(=O)c2cccs2)[C@]1(O)C(F)(F)F. The minimum absolute atomic E-state index is 0.0795. The molecule has 2 aromatic rings. The summed E-state index contributed by atoms with van der Waals surface area (Å²) in [6, 6.07) is 8.40. The van der Waals surface area contributed by atoms with Gasteiger partial charge in [0.15, 0.2) is 5.78 Å². The van der Waals surface area contributed by atoms with Gasteiger partial charge in [0.1, 0.15) is 5.92 Å². The molecular weight excluding hydrogens is 381 g/mol. The first kappa shape index (κ1) is 19.4. The molecule has 1 fully saturated rings. The van der Waals surface area contributed by atoms with Crippen LogP contribution in [0.5, 0.6) is 0 Å². The lowest BCUT2D eigenvalue weighted by Crippen LogP contribution is -2.73. The van der Waals surface area contributed by atoms with Crippen molar-refractivity contribution >= 4 is 23.2 Å². The maximum absolute atomic E-state index is 14.1. The van der Waals surface area contributed by atoms with Gasteiger partial charge in [-0.1, -0.05) is 36.4 Å². The highest BCUT2D eigenvalue weighted by atomic mass is 32.1. The smallest absolute Gasteiger partial charge is 0.363 e. The molecule has 1 aliphatic heterocycles. The molecule has 9 heteroatoms. The van der Waals surface area contributed by atoms with Crippen LogP contribution in [-0.2, 0) is 0 Å². The molecule has 27 heavy (non-hydrogen) atoms. The molecule has 1 aromatic heterocycles. The summed E-state index contributed by atoms with van der Waals surface area (Å²) in [5, 5.41) is 14.9. The number of alkyl halides is 3. The topological polar surface area (TPSA) is 69.6 Å². The van der Waals surface area contributed by atoms with Gasteiger partial charge in [0.25, 0.3) is 5.72 Å². The predicted molar refractivity (Wildman–Crippen MR) is 93.2 cm³/mol. The van der Waals surface area contributed by atoms with E-state index in [0.717, 1.165) is 11.3 Å². The number of Topliss-reactive ketones (excluding diaryl/α,β-unsaturated/α-hetero) is 1. The lowest BCUT2D eigenvalue weighted by Gasteiger charge is -2.50. The Hall–Kier alpha value is -2.39. The van der Waals surface area contributed by atoms with Crippen molar-refractivity contribution in [3.8, 4) is 0 Å². The van der Waals surface area contributed by atoms with Crippen LogP contribution < -0.4 is 5.32 Å². The van der Waals surface area contributed by atoms with E-state index in [0.29, 0.717) is 5.56 Å². The zero-order valence-electron chi connectivity index (χ0n) is 14.2. The van der Waals surface area contributed by atoms with E-state index in [2.05, 4.69) is 5.32 Å². The van der Waals surface area contributed by atoms with Crippen molar-refractivity contribution in [1.82, 2.24) is 10.2 Å². The average Bonchev–Trinajstić information content (AvgIpc) is 3.15. The van der Waals surface area contributed by atoms with E-state index in [1.807, 2.05) is 0 Å². The molecule has 2 N–H and O–H groups in total. The Balaban J connectivity index is 2.22. The Morgan fingerprint density at radius 1 is 1.26 bits per heavy atom. The highest BCUT2D eigenvalue weighted by molar-refractivity contribution is 7.12. The van der Waals surface area contributed by atoms with E-state index < -0.39 is 42.2 Å². The number of hydrogen-bond acceptors (Lipinski definition) is 4. The van der Waals surface area contributed by atoms with Crippen LogP contribution >= 0.6 is 11.3 Å². The molecule has 2 heterocycles. The van der Waals surface area contributed by atoms with Crippen molar-refractivity contribution in [3.63, 3.8) is 0 Å². The summed E-state index contributed by atoms with van der Waals surface area (Å²) in [7, 11) is 0. The number of nitrogens with zero attached hydrogens (tertiary/aromatic N) is 1. The van der Waals surface area contributed by atoms with E-state index in [-0.39, 0.29) is 9.78 Å². The number of hydrogen-bond donors (Lipinski definition) is 2. The third kappa shape index (κ3) is 3.10. The predicted octanol–water partition coefficient (Wildman–Crippen LogP) is 3.58. The largest absolute Gasteiger partial charge is 0.437 e. The summed E-state index contributed by atoms with van der Waals surface area (Å²) >= 11 is 0.984. The van der Waals surface area contributed by atoms with Crippen molar-refractivity contribution < 1.29 is 27.9 Å². The molecule has 0 radical (unpaired) electrons. The second-order valence-electron chi connectivity index (χ2n) is 6.13. The zero-order valence-corrected chi connectivity index (χ0v) is 15.1. The lowest BCUT2D eigenvalue weighted by atomic mass is 9.77. The highest BCUT2D eigenvalue weighted by Gasteiger charge is 2.69. The van der Waals surface area contributed by atoms with E-state index in [1.165, 1.54) is 25.1 Å². The van der Waals surface area contributed by atoms with Crippen LogP contribution in [0.25, 0.3) is 0 Å². The molecule has 0 saturated carbocycles. The maximum Gasteiger partial charge on any atom is 0.437 e. The van der Waals surface area contributed by atoms with Crippen molar-refractivity contribution in [1.29, 1.82) is 0 Å². The van der Waals surface area contributed by atoms with Crippen molar-refractivity contribution in [2.45, 2.75) is 24.9 Å². The molecule has 0 aliphatic carbocycles. The molecule has 1 aliphatic rings. The van der Waals surface area contributed by atoms with Gasteiger partial charge >= 0.3 is 12.2 Å². The molecule has 0 bridgehead atoms. The van der Waals surface area contributed by atoms with Crippen LogP contribution in [0.2, 0.25) is 0 Å². The molecule has 0 unspecified atom stereocenters. The van der Waals surface area contributed by atoms with Crippen LogP contribution in [0, 0.1) is 5.92 Å². The summed E-state index contributed by atoms with van der Waals surface area (Å²) in [5.74, 6) is -2.84. The van der Waals surface area contributed by atoms with Crippen molar-refractivity contribution in [2.24, 2.45) is 5.92 Å². The summed E-state index contributed by atoms with van der Waals surface area (Å²) < 4.78 is 42.2. The quantitative estimate of drug-likeness (QED) is 0.774. The number of aliphatic hydroxyl groups is 1. The summed E-state index contributed by atoms with van der Waals surface area (Å²) in [6.45, 7) is 0.892. The van der Waals surface area contributed by atoms with E-state index >= 15 is 0 Å². The number of carbonyl (C=O) groups is 2. The third-order valence-electron chi connectivity index (χ3n) is 4.64. The fourth-order valence-electron chi connectivity index (χ4n) is 3.41. The van der Waals surface area contributed by atoms with Crippen molar-refractivity contribution in [3.05, 3.63) is 58.3 Å². The number of halogens is 3. The Bertz CT molecular complexity index is 826.